The van der Waals surface area contributed by atoms with Crippen LogP contribution in [-0.2, 0) is 32.2 Å². The zero-order valence-electron chi connectivity index (χ0n) is 33.1. The zero-order valence-corrected chi connectivity index (χ0v) is 33.1. The van der Waals surface area contributed by atoms with E-state index in [9.17, 15) is 14.7 Å². The lowest BCUT2D eigenvalue weighted by atomic mass is 9.98. The molecule has 3 aliphatic rings. The summed E-state index contributed by atoms with van der Waals surface area (Å²) in [6, 6.07) is 32.6. The lowest BCUT2D eigenvalue weighted by molar-refractivity contribution is -0.253. The van der Waals surface area contributed by atoms with Crippen LogP contribution in [0.3, 0.4) is 0 Å². The van der Waals surface area contributed by atoms with Crippen LogP contribution in [0.2, 0.25) is 0 Å². The molecule has 4 atom stereocenters. The second kappa shape index (κ2) is 20.2. The molecule has 10 nitrogen and oxygen atoms in total. The number of nitrogens with zero attached hydrogens (tertiary/aromatic N) is 2. The maximum atomic E-state index is 12.6. The van der Waals surface area contributed by atoms with Gasteiger partial charge in [0, 0.05) is 50.5 Å². The van der Waals surface area contributed by atoms with Crippen LogP contribution < -0.4 is 16.4 Å². The van der Waals surface area contributed by atoms with Crippen LogP contribution in [-0.4, -0.2) is 71.6 Å². The third kappa shape index (κ3) is 11.5. The van der Waals surface area contributed by atoms with Crippen molar-refractivity contribution in [3.05, 3.63) is 119 Å². The molecule has 0 spiro atoms. The number of carbonyl (C=O) groups is 2. The number of benzene rings is 4. The number of aliphatic hydroxyl groups is 1. The lowest BCUT2D eigenvalue weighted by Gasteiger charge is -2.39. The minimum Gasteiger partial charge on any atom is -0.397 e. The number of carbonyl (C=O) groups excluding carboxylic acids is 2. The highest BCUT2D eigenvalue weighted by Gasteiger charge is 2.36. The van der Waals surface area contributed by atoms with Crippen molar-refractivity contribution < 1.29 is 24.2 Å². The van der Waals surface area contributed by atoms with E-state index in [0.29, 0.717) is 43.2 Å². The lowest BCUT2D eigenvalue weighted by Crippen LogP contribution is -2.45. The van der Waals surface area contributed by atoms with E-state index in [4.69, 9.17) is 15.2 Å². The number of rotatable bonds is 17. The second-order valence-corrected chi connectivity index (χ2v) is 15.9. The molecule has 4 aromatic carbocycles. The number of anilines is 2. The van der Waals surface area contributed by atoms with E-state index in [1.807, 2.05) is 36.4 Å². The first-order valence-corrected chi connectivity index (χ1v) is 21.0. The number of hydrogen-bond donors (Lipinski definition) is 4. The predicted molar refractivity (Wildman–Crippen MR) is 225 cm³/mol. The predicted octanol–water partition coefficient (Wildman–Crippen LogP) is 7.74. The number of likely N-dealkylation sites (tertiary alicyclic amines) is 2. The third-order valence-corrected chi connectivity index (χ3v) is 11.7. The summed E-state index contributed by atoms with van der Waals surface area (Å²) in [4.78, 5) is 30.2. The molecule has 0 aromatic heterocycles. The van der Waals surface area contributed by atoms with Crippen molar-refractivity contribution >= 4 is 23.2 Å². The molecule has 10 heteroatoms. The maximum absolute atomic E-state index is 12.6. The Morgan fingerprint density at radius 3 is 2.26 bits per heavy atom. The van der Waals surface area contributed by atoms with Crippen LogP contribution in [0, 0.1) is 0 Å². The highest BCUT2D eigenvalue weighted by molar-refractivity contribution is 5.93. The Labute approximate surface area is 337 Å². The second-order valence-electron chi connectivity index (χ2n) is 15.9. The Bertz CT molecular complexity index is 1900. The Balaban J connectivity index is 0.914. The Kier molecular flexibility index (Phi) is 14.4. The molecule has 0 unspecified atom stereocenters. The Morgan fingerprint density at radius 2 is 1.49 bits per heavy atom. The standard InChI is InChI=1S/C47H59N5O5/c48-42-13-4-5-14-43(42)50-46(55)16-3-1-2-15-45(54)49-30-35-10-8-11-39(28-35)36-21-23-38(24-22-36)47-56-41(29-44(57-47)37-19-17-34(33-53)18-20-37)32-52-27-9-12-40(52)31-51-25-6-7-26-51/h4-5,8,10-11,13-14,17-24,28,40-41,44,47,53H,1-3,6-7,9,12,15-16,25-27,29-33,48H2,(H,49,54)(H,50,55)/t40-,41+,44-,47-/m0/s1. The molecule has 302 valence electrons. The van der Waals surface area contributed by atoms with Crippen molar-refractivity contribution in [1.29, 1.82) is 0 Å². The van der Waals surface area contributed by atoms with Crippen LogP contribution in [0.25, 0.3) is 11.1 Å². The smallest absolute Gasteiger partial charge is 0.224 e. The fourth-order valence-corrected chi connectivity index (χ4v) is 8.45. The minimum atomic E-state index is -0.493. The highest BCUT2D eigenvalue weighted by atomic mass is 16.7. The summed E-state index contributed by atoms with van der Waals surface area (Å²) in [5.41, 5.74) is 13.3. The number of hydrogen-bond acceptors (Lipinski definition) is 8. The van der Waals surface area contributed by atoms with Crippen molar-refractivity contribution in [2.75, 3.05) is 43.8 Å². The molecule has 7 rings (SSSR count). The molecule has 0 radical (unpaired) electrons. The van der Waals surface area contributed by atoms with E-state index >= 15 is 0 Å². The molecule has 0 saturated carbocycles. The van der Waals surface area contributed by atoms with Gasteiger partial charge in [0.1, 0.15) is 0 Å². The first-order valence-electron chi connectivity index (χ1n) is 21.0. The van der Waals surface area contributed by atoms with Gasteiger partial charge in [-0.25, -0.2) is 0 Å². The summed E-state index contributed by atoms with van der Waals surface area (Å²) in [5, 5.41) is 15.5. The molecule has 0 aliphatic carbocycles. The van der Waals surface area contributed by atoms with E-state index < -0.39 is 6.29 Å². The van der Waals surface area contributed by atoms with Crippen molar-refractivity contribution in [3.8, 4) is 11.1 Å². The van der Waals surface area contributed by atoms with Crippen molar-refractivity contribution in [2.24, 2.45) is 0 Å². The molecule has 3 saturated heterocycles. The van der Waals surface area contributed by atoms with Crippen molar-refractivity contribution in [2.45, 2.75) is 102 Å². The largest absolute Gasteiger partial charge is 0.397 e. The van der Waals surface area contributed by atoms with E-state index in [1.54, 1.807) is 12.1 Å². The van der Waals surface area contributed by atoms with Crippen LogP contribution in [0.15, 0.2) is 97.1 Å². The molecule has 57 heavy (non-hydrogen) atoms. The Hall–Kier alpha value is -4.58. The summed E-state index contributed by atoms with van der Waals surface area (Å²) in [6.45, 7) is 6.09. The van der Waals surface area contributed by atoms with Crippen LogP contribution in [0.5, 0.6) is 0 Å². The van der Waals surface area contributed by atoms with Gasteiger partial charge in [0.15, 0.2) is 6.29 Å². The highest BCUT2D eigenvalue weighted by Crippen LogP contribution is 2.39. The molecule has 5 N–H and O–H groups in total. The first-order chi connectivity index (χ1) is 27.9. The van der Waals surface area contributed by atoms with Crippen molar-refractivity contribution in [1.82, 2.24) is 15.1 Å². The van der Waals surface area contributed by atoms with E-state index in [1.165, 1.54) is 38.8 Å². The van der Waals surface area contributed by atoms with Crippen LogP contribution in [0.1, 0.15) is 98.9 Å². The van der Waals surface area contributed by atoms with Gasteiger partial charge < -0.3 is 35.8 Å². The van der Waals surface area contributed by atoms with Gasteiger partial charge in [0.25, 0.3) is 0 Å². The van der Waals surface area contributed by atoms with E-state index in [-0.39, 0.29) is 30.6 Å². The number of ether oxygens (including phenoxy) is 2. The average Bonchev–Trinajstić information content (AvgIpc) is 3.93. The number of unbranched alkanes of at least 4 members (excludes halogenated alkanes) is 2. The minimum absolute atomic E-state index is 0.00606. The van der Waals surface area contributed by atoms with Gasteiger partial charge in [0.05, 0.1) is 30.2 Å². The van der Waals surface area contributed by atoms with Gasteiger partial charge in [-0.3, -0.25) is 14.5 Å². The van der Waals surface area contributed by atoms with E-state index in [2.05, 4.69) is 69.0 Å². The zero-order chi connectivity index (χ0) is 39.4. The molecule has 3 heterocycles. The number of nitrogen functional groups attached to an aromatic ring is 1. The van der Waals surface area contributed by atoms with Crippen LogP contribution in [0.4, 0.5) is 11.4 Å². The molecule has 0 bridgehead atoms. The first kappa shape index (κ1) is 40.6. The SMILES string of the molecule is Nc1ccccc1NC(=O)CCCCCC(=O)NCc1cccc(-c2ccc([C@H]3O[C@@H](CN4CCC[C@H]4CN4CCCC4)C[C@@H](c4ccc(CO)cc4)O3)cc2)c1. The molecule has 3 aliphatic heterocycles. The summed E-state index contributed by atoms with van der Waals surface area (Å²) in [7, 11) is 0. The maximum Gasteiger partial charge on any atom is 0.224 e. The van der Waals surface area contributed by atoms with Gasteiger partial charge in [-0.2, -0.15) is 0 Å². The molecule has 3 fully saturated rings. The van der Waals surface area contributed by atoms with Gasteiger partial charge in [-0.05, 0) is 104 Å². The molecular formula is C47H59N5O5. The fourth-order valence-electron chi connectivity index (χ4n) is 8.45. The van der Waals surface area contributed by atoms with Crippen LogP contribution >= 0.6 is 0 Å². The number of aliphatic hydroxyl groups excluding tert-OH is 1. The summed E-state index contributed by atoms with van der Waals surface area (Å²) < 4.78 is 13.5. The van der Waals surface area contributed by atoms with Gasteiger partial charge in [0.2, 0.25) is 11.8 Å². The number of nitrogens with two attached hydrogens (primary N) is 1. The quantitative estimate of drug-likeness (QED) is 0.0634. The van der Waals surface area contributed by atoms with Gasteiger partial charge >= 0.3 is 0 Å². The third-order valence-electron chi connectivity index (χ3n) is 11.7. The molecular weight excluding hydrogens is 715 g/mol. The van der Waals surface area contributed by atoms with Gasteiger partial charge in [-0.1, -0.05) is 85.3 Å². The summed E-state index contributed by atoms with van der Waals surface area (Å²) >= 11 is 0. The monoisotopic (exact) mass is 773 g/mol. The van der Waals surface area contributed by atoms with E-state index in [0.717, 1.165) is 72.3 Å². The normalized spacial score (nSPS) is 21.4. The average molecular weight is 774 g/mol. The topological polar surface area (TPSA) is 129 Å². The number of nitrogens with one attached hydrogen (secondary N) is 2. The fraction of sp³-hybridized carbons (Fsp3) is 0.447. The summed E-state index contributed by atoms with van der Waals surface area (Å²) in [5.74, 6) is -0.0629. The van der Waals surface area contributed by atoms with Gasteiger partial charge in [-0.15, -0.1) is 0 Å². The number of amides is 2. The Morgan fingerprint density at radius 1 is 0.737 bits per heavy atom. The molecule has 2 amide bonds. The van der Waals surface area contributed by atoms with Crippen molar-refractivity contribution in [3.63, 3.8) is 0 Å². The molecule has 4 aromatic rings. The number of para-hydroxylation sites is 2. The summed E-state index contributed by atoms with van der Waals surface area (Å²) in [6.07, 6.45) is 8.38.